The summed E-state index contributed by atoms with van der Waals surface area (Å²) in [4.78, 5) is 13.6. The summed E-state index contributed by atoms with van der Waals surface area (Å²) in [7, 11) is 0. The zero-order valence-corrected chi connectivity index (χ0v) is 10.7. The zero-order chi connectivity index (χ0) is 12.0. The van der Waals surface area contributed by atoms with Crippen LogP contribution in [0.15, 0.2) is 0 Å². The summed E-state index contributed by atoms with van der Waals surface area (Å²) in [6.07, 6.45) is 1.95. The average Bonchev–Trinajstić information content (AvgIpc) is 2.59. The lowest BCUT2D eigenvalue weighted by Gasteiger charge is -2.15. The number of carbonyl (C=O) groups is 1. The van der Waals surface area contributed by atoms with Gasteiger partial charge in [0.1, 0.15) is 0 Å². The first-order valence-corrected chi connectivity index (χ1v) is 6.25. The fourth-order valence-corrected chi connectivity index (χ4v) is 1.71. The minimum Gasteiger partial charge on any atom is -0.380 e. The van der Waals surface area contributed by atoms with E-state index in [1.54, 1.807) is 0 Å². The molecule has 1 saturated heterocycles. The van der Waals surface area contributed by atoms with Gasteiger partial charge in [0, 0.05) is 13.2 Å². The highest BCUT2D eigenvalue weighted by atomic mass is 16.5. The Hall–Kier alpha value is -0.610. The smallest absolute Gasteiger partial charge is 0.240 e. The second-order valence-electron chi connectivity index (χ2n) is 4.72. The zero-order valence-electron chi connectivity index (χ0n) is 10.7. The van der Waals surface area contributed by atoms with Gasteiger partial charge >= 0.3 is 0 Å². The van der Waals surface area contributed by atoms with Crippen LogP contribution in [-0.2, 0) is 9.53 Å². The lowest BCUT2D eigenvalue weighted by atomic mass is 10.1. The normalized spacial score (nSPS) is 21.1. The van der Waals surface area contributed by atoms with Crippen molar-refractivity contribution < 1.29 is 9.53 Å². The van der Waals surface area contributed by atoms with Gasteiger partial charge in [0.2, 0.25) is 5.91 Å². The van der Waals surface area contributed by atoms with Gasteiger partial charge < -0.3 is 9.64 Å². The van der Waals surface area contributed by atoms with Gasteiger partial charge in [0.15, 0.2) is 0 Å². The number of nitrogens with zero attached hydrogens (tertiary/aromatic N) is 1. The molecular formula is C12H24N2O2. The Kier molecular flexibility index (Phi) is 5.77. The van der Waals surface area contributed by atoms with Crippen LogP contribution in [0.25, 0.3) is 0 Å². The van der Waals surface area contributed by atoms with Crippen LogP contribution in [-0.4, -0.2) is 43.3 Å². The van der Waals surface area contributed by atoms with Gasteiger partial charge in [-0.05, 0) is 18.8 Å². The summed E-state index contributed by atoms with van der Waals surface area (Å²) in [5.74, 6) is 0.898. The Balaban J connectivity index is 2.08. The third-order valence-electron chi connectivity index (χ3n) is 2.89. The van der Waals surface area contributed by atoms with Crippen LogP contribution >= 0.6 is 0 Å². The number of carbonyl (C=O) groups excluding carboxylic acids is 1. The molecule has 1 unspecified atom stereocenters. The highest BCUT2D eigenvalue weighted by Gasteiger charge is 2.28. The Labute approximate surface area is 98.3 Å². The molecule has 1 aliphatic rings. The van der Waals surface area contributed by atoms with E-state index < -0.39 is 0 Å². The van der Waals surface area contributed by atoms with Crippen LogP contribution in [0.5, 0.6) is 0 Å². The van der Waals surface area contributed by atoms with Gasteiger partial charge in [-0.15, -0.1) is 0 Å². The van der Waals surface area contributed by atoms with Crippen molar-refractivity contribution in [3.8, 4) is 0 Å². The molecule has 0 aromatic carbocycles. The summed E-state index contributed by atoms with van der Waals surface area (Å²) >= 11 is 0. The van der Waals surface area contributed by atoms with Crippen LogP contribution in [0.4, 0.5) is 0 Å². The number of ether oxygens (including phenoxy) is 1. The molecular weight excluding hydrogens is 204 g/mol. The Bertz CT molecular complexity index is 219. The number of hydrogen-bond acceptors (Lipinski definition) is 3. The molecule has 1 N–H and O–H groups in total. The van der Waals surface area contributed by atoms with Crippen LogP contribution in [0.1, 0.15) is 33.6 Å². The SMILES string of the molecule is CCC1NCN(CCOCCC(C)C)C1=O. The predicted octanol–water partition coefficient (Wildman–Crippen LogP) is 1.22. The number of amides is 1. The molecule has 0 saturated carbocycles. The maximum Gasteiger partial charge on any atom is 0.240 e. The summed E-state index contributed by atoms with van der Waals surface area (Å²) in [6, 6.07) is 0.0238. The standard InChI is InChI=1S/C12H24N2O2/c1-4-11-12(15)14(9-13-11)6-8-16-7-5-10(2)3/h10-11,13H,4-9H2,1-3H3. The van der Waals surface area contributed by atoms with Crippen LogP contribution in [0, 0.1) is 5.92 Å². The van der Waals surface area contributed by atoms with E-state index in [4.69, 9.17) is 4.74 Å². The predicted molar refractivity (Wildman–Crippen MR) is 64.1 cm³/mol. The molecule has 16 heavy (non-hydrogen) atoms. The van der Waals surface area contributed by atoms with Gasteiger partial charge in [-0.2, -0.15) is 0 Å². The molecule has 0 spiro atoms. The van der Waals surface area contributed by atoms with Crippen LogP contribution in [0.3, 0.4) is 0 Å². The van der Waals surface area contributed by atoms with E-state index in [2.05, 4.69) is 19.2 Å². The van der Waals surface area contributed by atoms with E-state index in [1.807, 2.05) is 11.8 Å². The van der Waals surface area contributed by atoms with E-state index >= 15 is 0 Å². The van der Waals surface area contributed by atoms with Crippen LogP contribution < -0.4 is 5.32 Å². The van der Waals surface area contributed by atoms with Gasteiger partial charge in [0.25, 0.3) is 0 Å². The summed E-state index contributed by atoms with van der Waals surface area (Å²) in [5, 5.41) is 3.19. The molecule has 94 valence electrons. The van der Waals surface area contributed by atoms with Crippen molar-refractivity contribution in [1.29, 1.82) is 0 Å². The Morgan fingerprint density at radius 1 is 1.50 bits per heavy atom. The second-order valence-corrected chi connectivity index (χ2v) is 4.72. The van der Waals surface area contributed by atoms with Gasteiger partial charge in [-0.1, -0.05) is 20.8 Å². The molecule has 1 fully saturated rings. The number of nitrogens with one attached hydrogen (secondary N) is 1. The van der Waals surface area contributed by atoms with Crippen molar-refractivity contribution in [2.75, 3.05) is 26.4 Å². The first kappa shape index (κ1) is 13.5. The minimum atomic E-state index is 0.0238. The third kappa shape index (κ3) is 4.10. The van der Waals surface area contributed by atoms with E-state index in [-0.39, 0.29) is 11.9 Å². The molecule has 1 rings (SSSR count). The molecule has 1 aliphatic heterocycles. The highest BCUT2D eigenvalue weighted by molar-refractivity contribution is 5.83. The largest absolute Gasteiger partial charge is 0.380 e. The van der Waals surface area contributed by atoms with Crippen molar-refractivity contribution >= 4 is 5.91 Å². The van der Waals surface area contributed by atoms with Crippen molar-refractivity contribution in [2.24, 2.45) is 5.92 Å². The van der Waals surface area contributed by atoms with Gasteiger partial charge in [-0.25, -0.2) is 0 Å². The first-order valence-electron chi connectivity index (χ1n) is 6.25. The monoisotopic (exact) mass is 228 g/mol. The fourth-order valence-electron chi connectivity index (χ4n) is 1.71. The molecule has 0 radical (unpaired) electrons. The van der Waals surface area contributed by atoms with Crippen molar-refractivity contribution in [2.45, 2.75) is 39.7 Å². The average molecular weight is 228 g/mol. The van der Waals surface area contributed by atoms with E-state index in [1.165, 1.54) is 0 Å². The second kappa shape index (κ2) is 6.86. The molecule has 4 nitrogen and oxygen atoms in total. The minimum absolute atomic E-state index is 0.0238. The molecule has 1 heterocycles. The van der Waals surface area contributed by atoms with E-state index in [9.17, 15) is 4.79 Å². The van der Waals surface area contributed by atoms with Crippen LogP contribution in [0.2, 0.25) is 0 Å². The molecule has 0 bridgehead atoms. The third-order valence-corrected chi connectivity index (χ3v) is 2.89. The molecule has 0 aromatic rings. The summed E-state index contributed by atoms with van der Waals surface area (Å²) < 4.78 is 5.50. The summed E-state index contributed by atoms with van der Waals surface area (Å²) in [6.45, 7) is 9.22. The quantitative estimate of drug-likeness (QED) is 0.666. The maximum absolute atomic E-state index is 11.7. The van der Waals surface area contributed by atoms with E-state index in [0.29, 0.717) is 25.7 Å². The van der Waals surface area contributed by atoms with Crippen molar-refractivity contribution in [3.63, 3.8) is 0 Å². The lowest BCUT2D eigenvalue weighted by molar-refractivity contribution is -0.129. The molecule has 1 atom stereocenters. The molecule has 0 aliphatic carbocycles. The molecule has 1 amide bonds. The Morgan fingerprint density at radius 3 is 2.81 bits per heavy atom. The lowest BCUT2D eigenvalue weighted by Crippen LogP contribution is -2.32. The van der Waals surface area contributed by atoms with E-state index in [0.717, 1.165) is 19.4 Å². The van der Waals surface area contributed by atoms with Gasteiger partial charge in [0.05, 0.1) is 19.3 Å². The first-order chi connectivity index (χ1) is 7.65. The van der Waals surface area contributed by atoms with Crippen molar-refractivity contribution in [3.05, 3.63) is 0 Å². The topological polar surface area (TPSA) is 41.6 Å². The van der Waals surface area contributed by atoms with Crippen molar-refractivity contribution in [1.82, 2.24) is 10.2 Å². The highest BCUT2D eigenvalue weighted by Crippen LogP contribution is 2.06. The maximum atomic E-state index is 11.7. The summed E-state index contributed by atoms with van der Waals surface area (Å²) in [5.41, 5.74) is 0. The Morgan fingerprint density at radius 2 is 2.25 bits per heavy atom. The van der Waals surface area contributed by atoms with Gasteiger partial charge in [-0.3, -0.25) is 10.1 Å². The fraction of sp³-hybridized carbons (Fsp3) is 0.917. The number of hydrogen-bond donors (Lipinski definition) is 1. The number of rotatable bonds is 7. The molecule has 0 aromatic heterocycles. The molecule has 4 heteroatoms.